The Bertz CT molecular complexity index is 2570. The van der Waals surface area contributed by atoms with Crippen LogP contribution in [0.4, 0.5) is 0 Å². The molecule has 0 N–H and O–H groups in total. The summed E-state index contributed by atoms with van der Waals surface area (Å²) in [6, 6.07) is 54.6. The Balaban J connectivity index is 1.30. The van der Waals surface area contributed by atoms with Crippen LogP contribution in [0.25, 0.3) is 56.8 Å². The van der Waals surface area contributed by atoms with E-state index in [2.05, 4.69) is 151 Å². The van der Waals surface area contributed by atoms with Gasteiger partial charge in [0, 0.05) is 38.9 Å². The number of hydrogen-bond acceptors (Lipinski definition) is 4. The lowest BCUT2D eigenvalue weighted by atomic mass is 9.63. The molecule has 6 aromatic carbocycles. The third-order valence-corrected chi connectivity index (χ3v) is 11.3. The molecular weight excluding hydrogens is 627 g/mol. The summed E-state index contributed by atoms with van der Waals surface area (Å²) < 4.78 is 0. The highest BCUT2D eigenvalue weighted by Crippen LogP contribution is 2.59. The molecule has 4 heteroatoms. The van der Waals surface area contributed by atoms with E-state index in [-0.39, 0.29) is 0 Å². The van der Waals surface area contributed by atoms with Gasteiger partial charge in [-0.2, -0.15) is 0 Å². The molecular formula is C46H29N3S. The summed E-state index contributed by atoms with van der Waals surface area (Å²) in [5.41, 5.74) is 11.7. The summed E-state index contributed by atoms with van der Waals surface area (Å²) in [5.74, 6) is 0.653. The van der Waals surface area contributed by atoms with E-state index in [0.29, 0.717) is 5.82 Å². The Morgan fingerprint density at radius 2 is 1.20 bits per heavy atom. The van der Waals surface area contributed by atoms with Gasteiger partial charge >= 0.3 is 0 Å². The van der Waals surface area contributed by atoms with Crippen LogP contribution in [0.5, 0.6) is 0 Å². The number of pyridine rings is 1. The minimum Gasteiger partial charge on any atom is -0.264 e. The minimum absolute atomic E-state index is 0.575. The first-order valence-corrected chi connectivity index (χ1v) is 17.7. The highest BCUT2D eigenvalue weighted by atomic mass is 32.2. The number of hydrogen-bond donors (Lipinski definition) is 0. The molecule has 1 atom stereocenters. The number of rotatable bonds is 3. The maximum Gasteiger partial charge on any atom is 0.161 e. The first-order valence-electron chi connectivity index (χ1n) is 16.8. The molecule has 50 heavy (non-hydrogen) atoms. The van der Waals surface area contributed by atoms with Gasteiger partial charge in [0.1, 0.15) is 0 Å². The molecule has 0 bridgehead atoms. The molecule has 2 aromatic heterocycles. The molecule has 8 aromatic rings. The summed E-state index contributed by atoms with van der Waals surface area (Å²) in [4.78, 5) is 17.2. The van der Waals surface area contributed by atoms with Crippen LogP contribution in [-0.2, 0) is 5.41 Å². The molecule has 3 nitrogen and oxygen atoms in total. The fraction of sp³-hybridized carbons (Fsp3) is 0.0217. The first-order chi connectivity index (χ1) is 24.8. The predicted molar refractivity (Wildman–Crippen MR) is 205 cm³/mol. The molecule has 0 amide bonds. The number of nitrogens with zero attached hydrogens (tertiary/aromatic N) is 3. The third kappa shape index (κ3) is 4.42. The molecule has 234 valence electrons. The van der Waals surface area contributed by atoms with Crippen molar-refractivity contribution in [3.05, 3.63) is 197 Å². The van der Waals surface area contributed by atoms with Gasteiger partial charge in [0.2, 0.25) is 0 Å². The molecule has 2 aliphatic rings. The monoisotopic (exact) mass is 655 g/mol. The quantitative estimate of drug-likeness (QED) is 0.190. The molecule has 3 heterocycles. The molecule has 0 radical (unpaired) electrons. The van der Waals surface area contributed by atoms with Gasteiger partial charge in [0.15, 0.2) is 5.82 Å². The fourth-order valence-electron chi connectivity index (χ4n) is 7.82. The zero-order valence-electron chi connectivity index (χ0n) is 27.0. The second-order valence-corrected chi connectivity index (χ2v) is 13.9. The third-order valence-electron chi connectivity index (χ3n) is 10.1. The Morgan fingerprint density at radius 3 is 2.06 bits per heavy atom. The molecule has 0 saturated heterocycles. The Labute approximate surface area is 295 Å². The van der Waals surface area contributed by atoms with Crippen LogP contribution in [0.2, 0.25) is 0 Å². The van der Waals surface area contributed by atoms with Crippen molar-refractivity contribution >= 4 is 34.7 Å². The Morgan fingerprint density at radius 1 is 0.480 bits per heavy atom. The van der Waals surface area contributed by atoms with E-state index in [1.807, 2.05) is 36.2 Å². The minimum atomic E-state index is -0.575. The lowest BCUT2D eigenvalue weighted by molar-refractivity contribution is 0.704. The molecule has 0 saturated carbocycles. The Hall–Kier alpha value is -6.10. The van der Waals surface area contributed by atoms with Gasteiger partial charge in [0.05, 0.1) is 16.8 Å². The van der Waals surface area contributed by atoms with Gasteiger partial charge in [-0.05, 0) is 74.5 Å². The van der Waals surface area contributed by atoms with Gasteiger partial charge < -0.3 is 0 Å². The second kappa shape index (κ2) is 11.5. The molecule has 0 fully saturated rings. The van der Waals surface area contributed by atoms with Crippen molar-refractivity contribution in [3.63, 3.8) is 0 Å². The smallest absolute Gasteiger partial charge is 0.161 e. The van der Waals surface area contributed by atoms with Gasteiger partial charge in [-0.15, -0.1) is 0 Å². The van der Waals surface area contributed by atoms with Crippen molar-refractivity contribution < 1.29 is 0 Å². The van der Waals surface area contributed by atoms with Gasteiger partial charge in [0.25, 0.3) is 0 Å². The van der Waals surface area contributed by atoms with Crippen molar-refractivity contribution in [1.29, 1.82) is 0 Å². The van der Waals surface area contributed by atoms with E-state index in [4.69, 9.17) is 9.97 Å². The Kier molecular flexibility index (Phi) is 6.64. The lowest BCUT2D eigenvalue weighted by Crippen LogP contribution is -2.35. The molecule has 1 spiro atoms. The van der Waals surface area contributed by atoms with Crippen LogP contribution in [0.15, 0.2) is 174 Å². The van der Waals surface area contributed by atoms with E-state index in [9.17, 15) is 0 Å². The second-order valence-electron chi connectivity index (χ2n) is 12.8. The number of aromatic nitrogens is 3. The molecule has 1 unspecified atom stereocenters. The van der Waals surface area contributed by atoms with Crippen LogP contribution in [0, 0.1) is 0 Å². The lowest BCUT2D eigenvalue weighted by Gasteiger charge is -2.43. The topological polar surface area (TPSA) is 38.7 Å². The van der Waals surface area contributed by atoms with Crippen molar-refractivity contribution in [2.45, 2.75) is 15.2 Å². The SMILES string of the molecule is C1=Cc2ccc(-c3cc(-c4ccccc4)nc(-c4cccnc4)n3)cc2C2(c3ccccc31)c1ccccc1Sc1c2ccc2ccccc12. The van der Waals surface area contributed by atoms with E-state index in [1.165, 1.54) is 53.9 Å². The van der Waals surface area contributed by atoms with E-state index < -0.39 is 5.41 Å². The highest BCUT2D eigenvalue weighted by molar-refractivity contribution is 7.99. The summed E-state index contributed by atoms with van der Waals surface area (Å²) >= 11 is 1.89. The van der Waals surface area contributed by atoms with Crippen molar-refractivity contribution in [2.24, 2.45) is 0 Å². The van der Waals surface area contributed by atoms with Crippen LogP contribution in [0.1, 0.15) is 33.4 Å². The van der Waals surface area contributed by atoms with Gasteiger partial charge in [-0.25, -0.2) is 9.97 Å². The molecule has 1 aliphatic heterocycles. The summed E-state index contributed by atoms with van der Waals surface area (Å²) in [6.07, 6.45) is 8.18. The van der Waals surface area contributed by atoms with E-state index in [1.54, 1.807) is 6.20 Å². The zero-order chi connectivity index (χ0) is 33.1. The summed E-state index contributed by atoms with van der Waals surface area (Å²) in [5, 5.41) is 2.53. The highest BCUT2D eigenvalue weighted by Gasteiger charge is 2.47. The van der Waals surface area contributed by atoms with Crippen LogP contribution in [0.3, 0.4) is 0 Å². The normalized spacial score (nSPS) is 15.5. The average molecular weight is 656 g/mol. The zero-order valence-corrected chi connectivity index (χ0v) is 27.8. The molecule has 10 rings (SSSR count). The van der Waals surface area contributed by atoms with Gasteiger partial charge in [-0.1, -0.05) is 145 Å². The number of fused-ring (bicyclic) bond motifs is 10. The van der Waals surface area contributed by atoms with E-state index >= 15 is 0 Å². The predicted octanol–water partition coefficient (Wildman–Crippen LogP) is 11.4. The van der Waals surface area contributed by atoms with Crippen LogP contribution < -0.4 is 0 Å². The van der Waals surface area contributed by atoms with E-state index in [0.717, 1.165) is 28.1 Å². The molecule has 1 aliphatic carbocycles. The fourth-order valence-corrected chi connectivity index (χ4v) is 9.14. The van der Waals surface area contributed by atoms with Crippen LogP contribution >= 0.6 is 11.8 Å². The van der Waals surface area contributed by atoms with Crippen molar-refractivity contribution in [1.82, 2.24) is 15.0 Å². The largest absolute Gasteiger partial charge is 0.264 e. The standard InChI is InChI=1S/C46H29N3S/c1-2-13-33(14-3-1)41-28-42(49-45(48-41)35-15-10-26-47-29-35)34-23-22-32-21-20-31-12-5-7-17-37(31)46(40(32)27-34)38-18-8-9-19-43(38)50-44-36-16-6-4-11-30(36)24-25-39(44)46/h1-29H. The average Bonchev–Trinajstić information content (AvgIpc) is 3.33. The maximum absolute atomic E-state index is 5.21. The maximum atomic E-state index is 5.21. The number of benzene rings is 6. The van der Waals surface area contributed by atoms with Crippen molar-refractivity contribution in [3.8, 4) is 33.9 Å². The summed E-state index contributed by atoms with van der Waals surface area (Å²) in [6.45, 7) is 0. The summed E-state index contributed by atoms with van der Waals surface area (Å²) in [7, 11) is 0. The van der Waals surface area contributed by atoms with Gasteiger partial charge in [-0.3, -0.25) is 4.98 Å². The van der Waals surface area contributed by atoms with Crippen LogP contribution in [-0.4, -0.2) is 15.0 Å². The van der Waals surface area contributed by atoms with Crippen molar-refractivity contribution in [2.75, 3.05) is 0 Å². The first kappa shape index (κ1) is 28.9.